The maximum Gasteiger partial charge on any atom is 0.261 e. The van der Waals surface area contributed by atoms with Crippen molar-refractivity contribution in [3.63, 3.8) is 0 Å². The molecule has 3 aromatic rings. The van der Waals surface area contributed by atoms with Crippen molar-refractivity contribution in [3.8, 4) is 5.40 Å². The molecule has 0 atom stereocenters. The summed E-state index contributed by atoms with van der Waals surface area (Å²) in [6, 6.07) is 20.8. The molecular weight excluding hydrogens is 1370 g/mol. The van der Waals surface area contributed by atoms with Crippen LogP contribution in [0.1, 0.15) is 178 Å². The Morgan fingerprint density at radius 2 is 0.655 bits per heavy atom. The number of imide groups is 3. The highest BCUT2D eigenvalue weighted by Gasteiger charge is 2.36. The van der Waals surface area contributed by atoms with Crippen molar-refractivity contribution in [1.82, 2.24) is 14.7 Å². The first-order chi connectivity index (χ1) is 39.9. The number of thiocyanates is 1. The van der Waals surface area contributed by atoms with Gasteiger partial charge in [0, 0.05) is 77.4 Å². The fourth-order valence-corrected chi connectivity index (χ4v) is 12.5. The zero-order valence-electron chi connectivity index (χ0n) is 49.1. The Hall–Kier alpha value is -3.48. The van der Waals surface area contributed by atoms with Crippen molar-refractivity contribution >= 4 is 136 Å². The minimum absolute atomic E-state index is 0.138. The molecule has 6 rings (SSSR count). The SMILES string of the molecule is BrCCCCCBr.CS(=O)(=O)CCCCCN.CS(=O)(=O)CCCCCN1C(=O)c2ccccc2C1=O.CS(=O)(=O)CCCCCSC#N.CSCCCCCN1C(=O)c2ccccc2C1=O.O=C1c2ccccc2C(=O)N1CCCCCBr. The molecule has 0 saturated heterocycles. The quantitative estimate of drug-likeness (QED) is 0.0263. The van der Waals surface area contributed by atoms with Crippen LogP contribution in [0.2, 0.25) is 0 Å². The standard InChI is InChI=1S/C14H17NO4S.C14H17NO2S.C13H14BrNO2.C7H13NO2S2.C6H15NO2S.C5H10Br2/c1-20(18,19)10-6-2-5-9-15-13(16)11-7-3-4-8-12(11)14(15)17;1-18-10-6-2-5-9-15-13(16)11-7-3-4-8-12(11)14(15)17;14-8-4-1-5-9-15-12(16)10-6-2-3-7-11(10)13(15)17;1-12(9,10)6-4-2-3-5-11-7-8;1-10(8,9)6-4-2-3-5-7;6-4-2-1-3-5-7/h3-4,7-8H,2,5-6,9-10H2,1H3;3-4,7-8H,2,5-6,9-10H2,1H3;2-3,6-7H,1,4-5,8-9H2;2-6H2,1H3;2-7H2,1H3;1-5H2. The molecule has 0 aliphatic carbocycles. The number of rotatable bonds is 32. The fourth-order valence-electron chi connectivity index (χ4n) is 8.18. The van der Waals surface area contributed by atoms with Gasteiger partial charge in [-0.25, -0.2) is 25.3 Å². The number of alkyl halides is 3. The van der Waals surface area contributed by atoms with Crippen LogP contribution in [-0.2, 0) is 29.5 Å². The van der Waals surface area contributed by atoms with Gasteiger partial charge in [-0.3, -0.25) is 43.5 Å². The van der Waals surface area contributed by atoms with Crippen LogP contribution < -0.4 is 5.73 Å². The number of fused-ring (bicyclic) bond motifs is 3. The molecular formula is C59H86Br3N5O12S5. The van der Waals surface area contributed by atoms with Gasteiger partial charge in [-0.2, -0.15) is 17.0 Å². The summed E-state index contributed by atoms with van der Waals surface area (Å²) in [5.74, 6) is 1.58. The Morgan fingerprint density at radius 1 is 0.405 bits per heavy atom. The van der Waals surface area contributed by atoms with Crippen molar-refractivity contribution < 1.29 is 54.0 Å². The van der Waals surface area contributed by atoms with Crippen LogP contribution in [0.5, 0.6) is 0 Å². The second-order valence-electron chi connectivity index (χ2n) is 20.0. The summed E-state index contributed by atoms with van der Waals surface area (Å²) in [4.78, 5) is 76.0. The van der Waals surface area contributed by atoms with Gasteiger partial charge in [0.1, 0.15) is 34.9 Å². The second kappa shape index (κ2) is 44.9. The number of nitrogens with two attached hydrogens (primary N) is 1. The maximum atomic E-state index is 12.0. The number of carbonyl (C=O) groups excluding carboxylic acids is 6. The minimum Gasteiger partial charge on any atom is -0.330 e. The van der Waals surface area contributed by atoms with Gasteiger partial charge in [-0.05, 0) is 144 Å². The predicted molar refractivity (Wildman–Crippen MR) is 355 cm³/mol. The van der Waals surface area contributed by atoms with E-state index >= 15 is 0 Å². The third kappa shape index (κ3) is 33.0. The van der Waals surface area contributed by atoms with Gasteiger partial charge >= 0.3 is 0 Å². The molecule has 3 aliphatic heterocycles. The summed E-state index contributed by atoms with van der Waals surface area (Å²) < 4.78 is 64.4. The fraction of sp³-hybridized carbons (Fsp3) is 0.576. The van der Waals surface area contributed by atoms with Crippen LogP contribution in [0, 0.1) is 10.7 Å². The van der Waals surface area contributed by atoms with Gasteiger partial charge in [0.15, 0.2) is 0 Å². The molecule has 0 unspecified atom stereocenters. The largest absolute Gasteiger partial charge is 0.330 e. The molecule has 25 heteroatoms. The van der Waals surface area contributed by atoms with E-state index in [1.807, 2.05) is 17.2 Å². The summed E-state index contributed by atoms with van der Waals surface area (Å²) in [6.45, 7) is 2.07. The maximum absolute atomic E-state index is 12.0. The minimum atomic E-state index is -2.94. The van der Waals surface area contributed by atoms with E-state index in [4.69, 9.17) is 11.0 Å². The third-order valence-electron chi connectivity index (χ3n) is 12.6. The third-order valence-corrected chi connectivity index (χ3v) is 18.7. The molecule has 0 bridgehead atoms. The lowest BCUT2D eigenvalue weighted by Crippen LogP contribution is -2.30. The van der Waals surface area contributed by atoms with E-state index in [-0.39, 0.29) is 46.9 Å². The van der Waals surface area contributed by atoms with Gasteiger partial charge in [0.25, 0.3) is 35.4 Å². The molecule has 3 aliphatic rings. The van der Waals surface area contributed by atoms with Crippen molar-refractivity contribution in [3.05, 3.63) is 106 Å². The van der Waals surface area contributed by atoms with Gasteiger partial charge in [-0.15, -0.1) is 0 Å². The Labute approximate surface area is 534 Å². The highest BCUT2D eigenvalue weighted by atomic mass is 79.9. The number of nitrogens with zero attached hydrogens (tertiary/aromatic N) is 4. The molecule has 3 heterocycles. The molecule has 0 aromatic heterocycles. The van der Waals surface area contributed by atoms with E-state index in [9.17, 15) is 54.0 Å². The zero-order valence-corrected chi connectivity index (χ0v) is 57.9. The van der Waals surface area contributed by atoms with E-state index in [1.54, 1.807) is 72.8 Å². The first-order valence-corrected chi connectivity index (χ1v) is 40.1. The Kier molecular flexibility index (Phi) is 42.0. The number of hydrogen-bond acceptors (Lipinski definition) is 16. The lowest BCUT2D eigenvalue weighted by atomic mass is 10.1. The molecule has 3 aromatic carbocycles. The lowest BCUT2D eigenvalue weighted by molar-refractivity contribution is 0.0636. The van der Waals surface area contributed by atoms with E-state index in [0.717, 1.165) is 98.1 Å². The number of sulfone groups is 3. The van der Waals surface area contributed by atoms with Crippen LogP contribution in [0.25, 0.3) is 0 Å². The number of amides is 6. The molecule has 84 heavy (non-hydrogen) atoms. The van der Waals surface area contributed by atoms with Crippen LogP contribution in [0.4, 0.5) is 0 Å². The number of unbranched alkanes of at least 4 members (excludes halogenated alkanes) is 12. The van der Waals surface area contributed by atoms with Crippen molar-refractivity contribution in [1.29, 1.82) is 5.26 Å². The first-order valence-electron chi connectivity index (χ1n) is 28.2. The van der Waals surface area contributed by atoms with Crippen LogP contribution >= 0.6 is 71.3 Å². The van der Waals surface area contributed by atoms with Gasteiger partial charge in [-0.1, -0.05) is 123 Å². The van der Waals surface area contributed by atoms with Crippen molar-refractivity contribution in [2.75, 3.05) is 96.0 Å². The van der Waals surface area contributed by atoms with Gasteiger partial charge in [0.2, 0.25) is 0 Å². The summed E-state index contributed by atoms with van der Waals surface area (Å²) in [7, 11) is -8.47. The van der Waals surface area contributed by atoms with Crippen LogP contribution in [0.15, 0.2) is 72.8 Å². The molecule has 2 N–H and O–H groups in total. The number of hydrogen-bond donors (Lipinski definition) is 1. The average molecular weight is 1460 g/mol. The predicted octanol–water partition coefficient (Wildman–Crippen LogP) is 11.7. The summed E-state index contributed by atoms with van der Waals surface area (Å²) in [5, 5.41) is 13.4. The monoisotopic (exact) mass is 1450 g/mol. The number of carbonyl (C=O) groups is 6. The highest BCUT2D eigenvalue weighted by Crippen LogP contribution is 2.25. The molecule has 0 fully saturated rings. The van der Waals surface area contributed by atoms with E-state index in [0.29, 0.717) is 91.0 Å². The summed E-state index contributed by atoms with van der Waals surface area (Å²) in [5.41, 5.74) is 8.31. The van der Waals surface area contributed by atoms with E-state index in [2.05, 4.69) is 54.0 Å². The molecule has 0 radical (unpaired) electrons. The molecule has 6 amide bonds. The number of nitriles is 1. The van der Waals surface area contributed by atoms with E-state index < -0.39 is 29.5 Å². The molecule has 17 nitrogen and oxygen atoms in total. The summed E-state index contributed by atoms with van der Waals surface area (Å²) >= 11 is 13.1. The molecule has 470 valence electrons. The second-order valence-corrected chi connectivity index (χ2v) is 31.0. The Bertz CT molecular complexity index is 2790. The normalized spacial score (nSPS) is 13.2. The topological polar surface area (TPSA) is 264 Å². The highest BCUT2D eigenvalue weighted by molar-refractivity contribution is 9.09. The smallest absolute Gasteiger partial charge is 0.261 e. The van der Waals surface area contributed by atoms with Crippen LogP contribution in [0.3, 0.4) is 0 Å². The van der Waals surface area contributed by atoms with Crippen molar-refractivity contribution in [2.45, 2.75) is 116 Å². The van der Waals surface area contributed by atoms with Gasteiger partial charge in [0.05, 0.1) is 33.4 Å². The number of benzene rings is 3. The number of halogens is 3. The first kappa shape index (κ1) is 78.5. The lowest BCUT2D eigenvalue weighted by Gasteiger charge is -2.13. The zero-order chi connectivity index (χ0) is 63.0. The summed E-state index contributed by atoms with van der Waals surface area (Å²) in [6.07, 6.45) is 22.8. The Balaban J connectivity index is 0.000000520. The average Bonchev–Trinajstić information content (AvgIpc) is 3.75. The van der Waals surface area contributed by atoms with E-state index in [1.165, 1.54) is 64.5 Å². The number of thioether (sulfide) groups is 2. The molecule has 0 saturated carbocycles. The Morgan fingerprint density at radius 3 is 0.917 bits per heavy atom. The van der Waals surface area contributed by atoms with Crippen molar-refractivity contribution in [2.24, 2.45) is 5.73 Å². The van der Waals surface area contributed by atoms with Crippen LogP contribution in [-0.4, -0.2) is 171 Å². The van der Waals surface area contributed by atoms with Gasteiger partial charge < -0.3 is 5.73 Å². The molecule has 0 spiro atoms.